The third-order valence-electron chi connectivity index (χ3n) is 1.96. The fourth-order valence-corrected chi connectivity index (χ4v) is 2.34. The minimum absolute atomic E-state index is 0.156. The van der Waals surface area contributed by atoms with Crippen molar-refractivity contribution in [1.82, 2.24) is 4.98 Å². The molecule has 0 aliphatic carbocycles. The van der Waals surface area contributed by atoms with E-state index in [-0.39, 0.29) is 11.9 Å². The molecule has 1 aliphatic rings. The van der Waals surface area contributed by atoms with E-state index in [9.17, 15) is 4.79 Å². The van der Waals surface area contributed by atoms with Gasteiger partial charge in [0.25, 0.3) is 0 Å². The Balaban J connectivity index is 2.14. The van der Waals surface area contributed by atoms with Crippen molar-refractivity contribution >= 4 is 22.6 Å². The molecule has 0 N–H and O–H groups in total. The van der Waals surface area contributed by atoms with Gasteiger partial charge in [0.05, 0.1) is 13.0 Å². The van der Waals surface area contributed by atoms with Crippen LogP contribution in [-0.4, -0.2) is 23.8 Å². The Hall–Kier alpha value is -1.23. The van der Waals surface area contributed by atoms with Crippen molar-refractivity contribution in [1.29, 1.82) is 0 Å². The SMILES string of the molecule is COC(=O)C1C=C(c2cocn2)SC1. The van der Waals surface area contributed by atoms with E-state index < -0.39 is 0 Å². The minimum Gasteiger partial charge on any atom is -0.469 e. The number of carbonyl (C=O) groups is 1. The number of rotatable bonds is 2. The summed E-state index contributed by atoms with van der Waals surface area (Å²) in [6.45, 7) is 0. The number of nitrogens with zero attached hydrogens (tertiary/aromatic N) is 1. The maximum atomic E-state index is 11.2. The summed E-state index contributed by atoms with van der Waals surface area (Å²) in [6.07, 6.45) is 4.81. The molecule has 4 nitrogen and oxygen atoms in total. The molecule has 14 heavy (non-hydrogen) atoms. The molecule has 0 saturated heterocycles. The first-order valence-electron chi connectivity index (χ1n) is 4.12. The number of esters is 1. The van der Waals surface area contributed by atoms with E-state index in [4.69, 9.17) is 4.42 Å². The van der Waals surface area contributed by atoms with Crippen molar-refractivity contribution < 1.29 is 13.9 Å². The van der Waals surface area contributed by atoms with Gasteiger partial charge in [0.1, 0.15) is 12.0 Å². The number of carbonyl (C=O) groups excluding carboxylic acids is 1. The molecule has 1 aromatic rings. The lowest BCUT2D eigenvalue weighted by molar-refractivity contribution is -0.142. The maximum Gasteiger partial charge on any atom is 0.313 e. The number of ether oxygens (including phenoxy) is 1. The van der Waals surface area contributed by atoms with Crippen LogP contribution in [0.15, 0.2) is 23.1 Å². The van der Waals surface area contributed by atoms with E-state index in [0.29, 0.717) is 0 Å². The van der Waals surface area contributed by atoms with Gasteiger partial charge >= 0.3 is 5.97 Å². The van der Waals surface area contributed by atoms with Crippen LogP contribution in [0.3, 0.4) is 0 Å². The molecule has 0 aromatic carbocycles. The van der Waals surface area contributed by atoms with Crippen LogP contribution >= 0.6 is 11.8 Å². The van der Waals surface area contributed by atoms with Gasteiger partial charge in [-0.05, 0) is 0 Å². The van der Waals surface area contributed by atoms with Gasteiger partial charge in [0.2, 0.25) is 0 Å². The summed E-state index contributed by atoms with van der Waals surface area (Å²) in [4.78, 5) is 16.2. The van der Waals surface area contributed by atoms with Gasteiger partial charge in [-0.2, -0.15) is 0 Å². The highest BCUT2D eigenvalue weighted by atomic mass is 32.2. The normalized spacial score (nSPS) is 20.6. The van der Waals surface area contributed by atoms with Gasteiger partial charge in [-0.25, -0.2) is 4.98 Å². The Bertz CT molecular complexity index is 358. The Morgan fingerprint density at radius 1 is 1.79 bits per heavy atom. The van der Waals surface area contributed by atoms with Gasteiger partial charge in [0, 0.05) is 10.7 Å². The van der Waals surface area contributed by atoms with Crippen molar-refractivity contribution in [2.24, 2.45) is 5.92 Å². The molecule has 0 saturated carbocycles. The summed E-state index contributed by atoms with van der Waals surface area (Å²) in [7, 11) is 1.40. The van der Waals surface area contributed by atoms with Gasteiger partial charge in [-0.3, -0.25) is 4.79 Å². The molecule has 0 fully saturated rings. The lowest BCUT2D eigenvalue weighted by atomic mass is 10.1. The van der Waals surface area contributed by atoms with E-state index in [0.717, 1.165) is 16.4 Å². The van der Waals surface area contributed by atoms with Gasteiger partial charge < -0.3 is 9.15 Å². The van der Waals surface area contributed by atoms with Crippen LogP contribution in [0, 0.1) is 5.92 Å². The first-order valence-corrected chi connectivity index (χ1v) is 5.11. The molecule has 0 amide bonds. The summed E-state index contributed by atoms with van der Waals surface area (Å²) >= 11 is 1.59. The van der Waals surface area contributed by atoms with Gasteiger partial charge in [0.15, 0.2) is 6.39 Å². The monoisotopic (exact) mass is 211 g/mol. The summed E-state index contributed by atoms with van der Waals surface area (Å²) < 4.78 is 9.53. The highest BCUT2D eigenvalue weighted by molar-refractivity contribution is 8.08. The number of methoxy groups -OCH3 is 1. The smallest absolute Gasteiger partial charge is 0.313 e. The molecule has 0 radical (unpaired) electrons. The fourth-order valence-electron chi connectivity index (χ4n) is 1.24. The minimum atomic E-state index is -0.198. The van der Waals surface area contributed by atoms with Crippen LogP contribution in [0.5, 0.6) is 0 Å². The van der Waals surface area contributed by atoms with Crippen molar-refractivity contribution in [2.45, 2.75) is 0 Å². The van der Waals surface area contributed by atoms with E-state index >= 15 is 0 Å². The summed E-state index contributed by atoms with van der Waals surface area (Å²) in [5, 5.41) is 0. The van der Waals surface area contributed by atoms with Crippen LogP contribution in [0.2, 0.25) is 0 Å². The van der Waals surface area contributed by atoms with E-state index in [1.165, 1.54) is 13.5 Å². The van der Waals surface area contributed by atoms with E-state index in [1.54, 1.807) is 18.0 Å². The van der Waals surface area contributed by atoms with Crippen molar-refractivity contribution in [3.8, 4) is 0 Å². The second-order valence-electron chi connectivity index (χ2n) is 2.85. The summed E-state index contributed by atoms with van der Waals surface area (Å²) in [5.41, 5.74) is 0.779. The van der Waals surface area contributed by atoms with Crippen molar-refractivity contribution in [3.63, 3.8) is 0 Å². The van der Waals surface area contributed by atoms with Crippen molar-refractivity contribution in [3.05, 3.63) is 24.4 Å². The fraction of sp³-hybridized carbons (Fsp3) is 0.333. The van der Waals surface area contributed by atoms with E-state index in [2.05, 4.69) is 9.72 Å². The second-order valence-corrected chi connectivity index (χ2v) is 3.91. The largest absolute Gasteiger partial charge is 0.469 e. The highest BCUT2D eigenvalue weighted by Crippen LogP contribution is 2.36. The predicted molar refractivity (Wildman–Crippen MR) is 52.4 cm³/mol. The molecular weight excluding hydrogens is 202 g/mol. The standard InChI is InChI=1S/C9H9NO3S/c1-12-9(11)6-2-8(14-4-6)7-3-13-5-10-7/h2-3,5-6H,4H2,1H3. The number of thioether (sulfide) groups is 1. The van der Waals surface area contributed by atoms with Crippen LogP contribution in [0.25, 0.3) is 4.91 Å². The topological polar surface area (TPSA) is 52.3 Å². The zero-order valence-electron chi connectivity index (χ0n) is 7.60. The van der Waals surface area contributed by atoms with Crippen LogP contribution in [-0.2, 0) is 9.53 Å². The predicted octanol–water partition coefficient (Wildman–Crippen LogP) is 1.55. The van der Waals surface area contributed by atoms with E-state index in [1.807, 2.05) is 6.08 Å². The average molecular weight is 211 g/mol. The van der Waals surface area contributed by atoms with Crippen LogP contribution in [0.1, 0.15) is 5.69 Å². The highest BCUT2D eigenvalue weighted by Gasteiger charge is 2.25. The molecule has 74 valence electrons. The van der Waals surface area contributed by atoms with Crippen LogP contribution in [0.4, 0.5) is 0 Å². The Morgan fingerprint density at radius 3 is 3.29 bits per heavy atom. The lowest BCUT2D eigenvalue weighted by Crippen LogP contribution is -2.13. The van der Waals surface area contributed by atoms with Crippen molar-refractivity contribution in [2.75, 3.05) is 12.9 Å². The molecule has 2 heterocycles. The lowest BCUT2D eigenvalue weighted by Gasteiger charge is -2.01. The van der Waals surface area contributed by atoms with Gasteiger partial charge in [-0.15, -0.1) is 11.8 Å². The molecular formula is C9H9NO3S. The molecule has 5 heteroatoms. The third kappa shape index (κ3) is 1.68. The zero-order chi connectivity index (χ0) is 9.97. The molecule has 1 aromatic heterocycles. The quantitative estimate of drug-likeness (QED) is 0.695. The molecule has 0 spiro atoms. The summed E-state index contributed by atoms with van der Waals surface area (Å²) in [6, 6.07) is 0. The Morgan fingerprint density at radius 2 is 2.64 bits per heavy atom. The second kappa shape index (κ2) is 3.88. The number of oxazole rings is 1. The molecule has 1 aliphatic heterocycles. The van der Waals surface area contributed by atoms with Gasteiger partial charge in [-0.1, -0.05) is 6.08 Å². The molecule has 1 unspecified atom stereocenters. The molecule has 0 bridgehead atoms. The third-order valence-corrected chi connectivity index (χ3v) is 3.14. The number of hydrogen-bond donors (Lipinski definition) is 0. The first kappa shape index (κ1) is 9.33. The first-order chi connectivity index (χ1) is 6.81. The molecule has 1 atom stereocenters. The average Bonchev–Trinajstić information content (AvgIpc) is 2.86. The number of aromatic nitrogens is 1. The zero-order valence-corrected chi connectivity index (χ0v) is 8.41. The Kier molecular flexibility index (Phi) is 2.58. The van der Waals surface area contributed by atoms with Crippen LogP contribution < -0.4 is 0 Å². The summed E-state index contributed by atoms with van der Waals surface area (Å²) in [5.74, 6) is 0.363. The number of hydrogen-bond acceptors (Lipinski definition) is 5. The Labute approximate surface area is 85.3 Å². The molecule has 2 rings (SSSR count). The maximum absolute atomic E-state index is 11.2.